The third kappa shape index (κ3) is 2.16. The van der Waals surface area contributed by atoms with Crippen LogP contribution in [0.4, 0.5) is 0 Å². The summed E-state index contributed by atoms with van der Waals surface area (Å²) in [5.41, 5.74) is 2.20. The van der Waals surface area contributed by atoms with Crippen LogP contribution in [0.2, 0.25) is 10.0 Å². The maximum atomic E-state index is 6.31. The van der Waals surface area contributed by atoms with Gasteiger partial charge in [0.2, 0.25) is 0 Å². The molecule has 0 aliphatic carbocycles. The molecule has 0 saturated carbocycles. The standard InChI is InChI=1S/C14H10Cl3N3/c1-8(15)13-19-10-5-3-7-18-14(10)20(13)11-6-2-4-9(16)12(11)17/h2-8H,1H3. The number of halogens is 3. The van der Waals surface area contributed by atoms with Crippen LogP contribution in [0.5, 0.6) is 0 Å². The van der Waals surface area contributed by atoms with Crippen molar-refractivity contribution in [3.8, 4) is 5.69 Å². The number of fused-ring (bicyclic) bond motifs is 1. The van der Waals surface area contributed by atoms with E-state index in [1.165, 1.54) is 0 Å². The highest BCUT2D eigenvalue weighted by Crippen LogP contribution is 2.33. The third-order valence-corrected chi connectivity index (χ3v) is 3.97. The van der Waals surface area contributed by atoms with Gasteiger partial charge in [-0.1, -0.05) is 29.3 Å². The molecule has 20 heavy (non-hydrogen) atoms. The number of hydrogen-bond acceptors (Lipinski definition) is 2. The molecule has 1 atom stereocenters. The maximum Gasteiger partial charge on any atom is 0.164 e. The van der Waals surface area contributed by atoms with E-state index in [9.17, 15) is 0 Å². The third-order valence-electron chi connectivity index (χ3n) is 2.97. The summed E-state index contributed by atoms with van der Waals surface area (Å²) in [5, 5.41) is 0.659. The summed E-state index contributed by atoms with van der Waals surface area (Å²) in [6, 6.07) is 9.17. The van der Waals surface area contributed by atoms with Crippen molar-refractivity contribution in [2.45, 2.75) is 12.3 Å². The van der Waals surface area contributed by atoms with E-state index in [0.717, 1.165) is 11.2 Å². The molecule has 102 valence electrons. The van der Waals surface area contributed by atoms with E-state index in [4.69, 9.17) is 34.8 Å². The van der Waals surface area contributed by atoms with Crippen LogP contribution in [0.25, 0.3) is 16.9 Å². The summed E-state index contributed by atoms with van der Waals surface area (Å²) < 4.78 is 1.85. The Morgan fingerprint density at radius 2 is 1.95 bits per heavy atom. The van der Waals surface area contributed by atoms with E-state index in [1.807, 2.05) is 35.8 Å². The van der Waals surface area contributed by atoms with Crippen molar-refractivity contribution >= 4 is 46.0 Å². The van der Waals surface area contributed by atoms with Gasteiger partial charge in [-0.15, -0.1) is 11.6 Å². The van der Waals surface area contributed by atoms with E-state index < -0.39 is 0 Å². The summed E-state index contributed by atoms with van der Waals surface area (Å²) >= 11 is 18.6. The fourth-order valence-electron chi connectivity index (χ4n) is 2.10. The molecule has 0 N–H and O–H groups in total. The van der Waals surface area contributed by atoms with Crippen LogP contribution in [-0.4, -0.2) is 14.5 Å². The number of benzene rings is 1. The Kier molecular flexibility index (Phi) is 3.59. The van der Waals surface area contributed by atoms with Gasteiger partial charge in [0.25, 0.3) is 0 Å². The first-order chi connectivity index (χ1) is 9.59. The first-order valence-corrected chi connectivity index (χ1v) is 7.20. The van der Waals surface area contributed by atoms with Gasteiger partial charge in [0.05, 0.1) is 21.1 Å². The number of pyridine rings is 1. The monoisotopic (exact) mass is 325 g/mol. The van der Waals surface area contributed by atoms with Gasteiger partial charge in [0.15, 0.2) is 5.65 Å². The van der Waals surface area contributed by atoms with Crippen molar-refractivity contribution in [2.24, 2.45) is 0 Å². The van der Waals surface area contributed by atoms with Gasteiger partial charge in [-0.05, 0) is 31.2 Å². The molecule has 0 amide bonds. The Morgan fingerprint density at radius 1 is 1.15 bits per heavy atom. The molecule has 0 spiro atoms. The average molecular weight is 327 g/mol. The number of alkyl halides is 1. The van der Waals surface area contributed by atoms with Crippen LogP contribution in [0.15, 0.2) is 36.5 Å². The molecular formula is C14H10Cl3N3. The van der Waals surface area contributed by atoms with Crippen molar-refractivity contribution < 1.29 is 0 Å². The number of nitrogens with zero attached hydrogens (tertiary/aromatic N) is 3. The van der Waals surface area contributed by atoms with E-state index >= 15 is 0 Å². The molecule has 0 fully saturated rings. The lowest BCUT2D eigenvalue weighted by Gasteiger charge is -2.12. The smallest absolute Gasteiger partial charge is 0.164 e. The molecule has 2 aromatic heterocycles. The molecule has 3 aromatic rings. The quantitative estimate of drug-likeness (QED) is 0.619. The summed E-state index contributed by atoms with van der Waals surface area (Å²) in [5.74, 6) is 0.685. The SMILES string of the molecule is CC(Cl)c1nc2cccnc2n1-c1cccc(Cl)c1Cl. The first kappa shape index (κ1) is 13.7. The van der Waals surface area contributed by atoms with Gasteiger partial charge < -0.3 is 0 Å². The molecule has 0 radical (unpaired) electrons. The van der Waals surface area contributed by atoms with Crippen LogP contribution in [0.3, 0.4) is 0 Å². The molecule has 3 nitrogen and oxygen atoms in total. The largest absolute Gasteiger partial charge is 0.278 e. The predicted octanol–water partition coefficient (Wildman–Crippen LogP) is 5.03. The molecular weight excluding hydrogens is 317 g/mol. The molecule has 2 heterocycles. The number of imidazole rings is 1. The van der Waals surface area contributed by atoms with Crippen LogP contribution < -0.4 is 0 Å². The van der Waals surface area contributed by atoms with Gasteiger partial charge in [0.1, 0.15) is 11.3 Å². The lowest BCUT2D eigenvalue weighted by Crippen LogP contribution is -2.03. The van der Waals surface area contributed by atoms with Crippen molar-refractivity contribution in [3.63, 3.8) is 0 Å². The number of rotatable bonds is 2. The van der Waals surface area contributed by atoms with Crippen molar-refractivity contribution in [2.75, 3.05) is 0 Å². The lowest BCUT2D eigenvalue weighted by molar-refractivity contribution is 0.877. The minimum Gasteiger partial charge on any atom is -0.278 e. The zero-order valence-corrected chi connectivity index (χ0v) is 12.8. The zero-order chi connectivity index (χ0) is 14.3. The highest BCUT2D eigenvalue weighted by Gasteiger charge is 2.19. The average Bonchev–Trinajstić information content (AvgIpc) is 2.81. The van der Waals surface area contributed by atoms with Crippen LogP contribution in [0, 0.1) is 0 Å². The number of hydrogen-bond donors (Lipinski definition) is 0. The maximum absolute atomic E-state index is 6.31. The molecule has 1 aromatic carbocycles. The normalized spacial score (nSPS) is 12.8. The van der Waals surface area contributed by atoms with Crippen LogP contribution in [0.1, 0.15) is 18.1 Å². The zero-order valence-electron chi connectivity index (χ0n) is 10.5. The van der Waals surface area contributed by atoms with Gasteiger partial charge in [0, 0.05) is 6.20 Å². The second kappa shape index (κ2) is 5.24. The Morgan fingerprint density at radius 3 is 2.70 bits per heavy atom. The van der Waals surface area contributed by atoms with E-state index in [0.29, 0.717) is 21.5 Å². The minimum absolute atomic E-state index is 0.278. The fourth-order valence-corrected chi connectivity index (χ4v) is 2.63. The molecule has 0 aliphatic rings. The van der Waals surface area contributed by atoms with Gasteiger partial charge in [-0.3, -0.25) is 4.57 Å². The Hall–Kier alpha value is -1.29. The lowest BCUT2D eigenvalue weighted by atomic mass is 10.3. The van der Waals surface area contributed by atoms with E-state index in [1.54, 1.807) is 12.3 Å². The molecule has 6 heteroatoms. The molecule has 0 saturated heterocycles. The highest BCUT2D eigenvalue weighted by molar-refractivity contribution is 6.43. The minimum atomic E-state index is -0.278. The van der Waals surface area contributed by atoms with Crippen molar-refractivity contribution in [1.82, 2.24) is 14.5 Å². The summed E-state index contributed by atoms with van der Waals surface area (Å²) in [7, 11) is 0. The fraction of sp³-hybridized carbons (Fsp3) is 0.143. The Labute approximate surface area is 131 Å². The van der Waals surface area contributed by atoms with Crippen molar-refractivity contribution in [3.05, 3.63) is 52.4 Å². The highest BCUT2D eigenvalue weighted by atomic mass is 35.5. The van der Waals surface area contributed by atoms with Gasteiger partial charge >= 0.3 is 0 Å². The Balaban J connectivity index is 2.39. The van der Waals surface area contributed by atoms with Gasteiger partial charge in [-0.25, -0.2) is 9.97 Å². The second-order valence-electron chi connectivity index (χ2n) is 4.34. The number of aromatic nitrogens is 3. The van der Waals surface area contributed by atoms with Gasteiger partial charge in [-0.2, -0.15) is 0 Å². The van der Waals surface area contributed by atoms with Crippen LogP contribution in [-0.2, 0) is 0 Å². The van der Waals surface area contributed by atoms with Crippen LogP contribution >= 0.6 is 34.8 Å². The Bertz CT molecular complexity index is 780. The van der Waals surface area contributed by atoms with E-state index in [-0.39, 0.29) is 5.38 Å². The summed E-state index contributed by atoms with van der Waals surface area (Å²) in [6.07, 6.45) is 1.71. The molecule has 1 unspecified atom stereocenters. The van der Waals surface area contributed by atoms with Crippen molar-refractivity contribution in [1.29, 1.82) is 0 Å². The summed E-state index contributed by atoms with van der Waals surface area (Å²) in [6.45, 7) is 1.86. The summed E-state index contributed by atoms with van der Waals surface area (Å²) in [4.78, 5) is 8.90. The molecule has 0 bridgehead atoms. The topological polar surface area (TPSA) is 30.7 Å². The van der Waals surface area contributed by atoms with E-state index in [2.05, 4.69) is 9.97 Å². The first-order valence-electron chi connectivity index (χ1n) is 6.01. The molecule has 0 aliphatic heterocycles. The second-order valence-corrected chi connectivity index (χ2v) is 5.78. The predicted molar refractivity (Wildman–Crippen MR) is 83.2 cm³/mol. The molecule has 3 rings (SSSR count).